The van der Waals surface area contributed by atoms with Crippen LogP contribution >= 0.6 is 0 Å². The number of rotatable bonds is 8. The summed E-state index contributed by atoms with van der Waals surface area (Å²) in [4.78, 5) is 54.6. The van der Waals surface area contributed by atoms with Gasteiger partial charge in [0.25, 0.3) is 0 Å². The van der Waals surface area contributed by atoms with Crippen molar-refractivity contribution in [2.24, 2.45) is 0 Å². The van der Waals surface area contributed by atoms with Crippen molar-refractivity contribution in [1.29, 1.82) is 0 Å². The molecule has 0 spiro atoms. The Hall–Kier alpha value is -13.6. The fourth-order valence-corrected chi connectivity index (χ4v) is 14.3. The van der Waals surface area contributed by atoms with Crippen LogP contribution in [0.3, 0.4) is 0 Å². The number of hydrogen-bond donors (Lipinski definition) is 6. The lowest BCUT2D eigenvalue weighted by Crippen LogP contribution is -1.90. The minimum Gasteiger partial charge on any atom is -0.456 e. The second kappa shape index (κ2) is 20.0. The van der Waals surface area contributed by atoms with E-state index in [1.165, 1.54) is 0 Å². The lowest BCUT2D eigenvalue weighted by atomic mass is 10.1. The summed E-state index contributed by atoms with van der Waals surface area (Å²) in [6.45, 7) is 0. The molecule has 0 unspecified atom stereocenters. The molecule has 9 heterocycles. The predicted octanol–water partition coefficient (Wildman–Crippen LogP) is 20.6. The third kappa shape index (κ3) is 8.08. The average Bonchev–Trinajstić information content (AvgIpc) is 1.59. The van der Waals surface area contributed by atoms with Crippen LogP contribution in [0, 0.1) is 0 Å². The molecule has 0 saturated heterocycles. The van der Waals surface area contributed by atoms with Gasteiger partial charge in [-0.15, -0.1) is 0 Å². The van der Waals surface area contributed by atoms with Crippen molar-refractivity contribution in [2.45, 2.75) is 0 Å². The molecule has 6 N–H and O–H groups in total. The van der Waals surface area contributed by atoms with Crippen molar-refractivity contribution in [3.63, 3.8) is 0 Å². The topological polar surface area (TPSA) is 209 Å². The van der Waals surface area contributed by atoms with Crippen LogP contribution in [0.5, 0.6) is 46.0 Å². The van der Waals surface area contributed by atoms with Gasteiger partial charge >= 0.3 is 0 Å². The molecule has 16 heteroatoms. The molecule has 0 fully saturated rings. The zero-order valence-corrected chi connectivity index (χ0v) is 50.4. The molecular weight excluding hydrogens is 1190 g/mol. The minimum atomic E-state index is 0.346. The summed E-state index contributed by atoms with van der Waals surface area (Å²) >= 11 is 0. The molecule has 7 aromatic heterocycles. The van der Waals surface area contributed by atoms with Gasteiger partial charge in [-0.25, -0.2) is 29.9 Å². The Bertz CT molecular complexity index is 6360. The Morgan fingerprint density at radius 1 is 0.208 bits per heavy atom. The third-order valence-corrected chi connectivity index (χ3v) is 18.6. The van der Waals surface area contributed by atoms with Gasteiger partial charge in [0.15, 0.2) is 23.3 Å². The quantitative estimate of drug-likeness (QED) is 0.0848. The highest BCUT2D eigenvalue weighted by Crippen LogP contribution is 2.48. The number of fused-ring (bicyclic) bond motifs is 32. The standard InChI is InChI=1S/C80H46N12O4/c1-5-21-57-45(13-1)49-33-29-41(37-61(49)81-57)93-65-25-9-17-53-69(65)77-85-73(53)90-78-71-55(19-11-27-67(71)95-43-31-35-51-47-15-3-7-23-59(47)83-63(51)39-43)75(87-78)92-80-72-56(20-12-28-68(72)96-44-32-36-52-48-16-4-8-24-60(48)84-64(52)40-44)76(88-80)91-79-70-54(74(86-79)89-77)18-10-26-66(70)94-42-30-34-50-46-14-2-6-22-58(46)82-62(50)38-42/h1-40,81-84H,(H2,85,86,87,88,89,90,91,92). The van der Waals surface area contributed by atoms with Gasteiger partial charge in [0.05, 0.1) is 44.0 Å². The van der Waals surface area contributed by atoms with E-state index < -0.39 is 0 Å². The van der Waals surface area contributed by atoms with Gasteiger partial charge in [0.2, 0.25) is 0 Å². The van der Waals surface area contributed by atoms with Gasteiger partial charge in [-0.3, -0.25) is 0 Å². The Morgan fingerprint density at radius 3 is 0.865 bits per heavy atom. The van der Waals surface area contributed by atoms with Crippen LogP contribution in [-0.2, 0) is 0 Å². The van der Waals surface area contributed by atoms with E-state index in [9.17, 15) is 0 Å². The van der Waals surface area contributed by atoms with Gasteiger partial charge in [-0.05, 0) is 97.1 Å². The van der Waals surface area contributed by atoms with Crippen LogP contribution < -0.4 is 18.9 Å². The molecule has 0 radical (unpaired) electrons. The maximum Gasteiger partial charge on any atom is 0.168 e. The molecule has 0 saturated carbocycles. The Balaban J connectivity index is 0.812. The number of hydrogen-bond acceptors (Lipinski definition) is 10. The van der Waals surface area contributed by atoms with E-state index in [1.807, 2.05) is 170 Å². The molecule has 0 amide bonds. The summed E-state index contributed by atoms with van der Waals surface area (Å²) < 4.78 is 28.0. The summed E-state index contributed by atoms with van der Waals surface area (Å²) in [5.41, 5.74) is 12.3. The van der Waals surface area contributed by atoms with E-state index in [0.29, 0.717) is 136 Å². The summed E-state index contributed by atoms with van der Waals surface area (Å²) in [7, 11) is 0. The maximum absolute atomic E-state index is 7.00. The van der Waals surface area contributed by atoms with E-state index >= 15 is 0 Å². The molecule has 450 valence electrons. The molecule has 8 bridgehead atoms. The Morgan fingerprint density at radius 2 is 0.500 bits per heavy atom. The maximum atomic E-state index is 7.00. The summed E-state index contributed by atoms with van der Waals surface area (Å²) in [5, 5.41) is 11.6. The number of aromatic amines is 6. The van der Waals surface area contributed by atoms with Crippen molar-refractivity contribution >= 4 is 131 Å². The van der Waals surface area contributed by atoms with Crippen LogP contribution in [0.2, 0.25) is 0 Å². The van der Waals surface area contributed by atoms with Gasteiger partial charge in [-0.1, -0.05) is 121 Å². The molecule has 19 aromatic rings. The lowest BCUT2D eigenvalue weighted by molar-refractivity contribution is 0.485. The highest BCUT2D eigenvalue weighted by Gasteiger charge is 2.29. The molecule has 21 rings (SSSR count). The van der Waals surface area contributed by atoms with E-state index in [-0.39, 0.29) is 0 Å². The average molecular weight is 1240 g/mol. The number of H-pyrrole nitrogens is 6. The fraction of sp³-hybridized carbons (Fsp3) is 0. The summed E-state index contributed by atoms with van der Waals surface area (Å²) in [5.74, 6) is 6.04. The molecule has 16 nitrogen and oxygen atoms in total. The highest BCUT2D eigenvalue weighted by molar-refractivity contribution is 6.13. The van der Waals surface area contributed by atoms with E-state index in [4.69, 9.17) is 48.9 Å². The van der Waals surface area contributed by atoms with Crippen molar-refractivity contribution in [3.05, 3.63) is 243 Å². The first-order valence-corrected chi connectivity index (χ1v) is 31.6. The largest absolute Gasteiger partial charge is 0.456 e. The SMILES string of the molecule is c1cc(Oc2ccc3c(c2)[nH]c2ccccc23)c2c(c1)-c1nc-2nc2[nH]c(nc3nc(nc4[nH]c(n1)c1c(Oc5ccc6c(c5)[nH]c5ccccc56)cccc41)-c1c(Oc4ccc5c(c4)[nH]c4ccccc45)cccc1-3)c1c(Oc3ccc4c(c3)[nH]c3ccccc34)cccc21. The van der Waals surface area contributed by atoms with Crippen molar-refractivity contribution in [1.82, 2.24) is 59.8 Å². The molecule has 0 aliphatic carbocycles. The van der Waals surface area contributed by atoms with Crippen LogP contribution in [0.1, 0.15) is 0 Å². The zero-order valence-electron chi connectivity index (χ0n) is 50.4. The molecule has 2 aliphatic heterocycles. The molecular formula is C80H46N12O4. The smallest absolute Gasteiger partial charge is 0.168 e. The highest BCUT2D eigenvalue weighted by atomic mass is 16.5. The van der Waals surface area contributed by atoms with E-state index in [0.717, 1.165) is 87.2 Å². The Kier molecular flexibility index (Phi) is 10.8. The minimum absolute atomic E-state index is 0.346. The first kappa shape index (κ1) is 52.1. The van der Waals surface area contributed by atoms with Gasteiger partial charge < -0.3 is 48.9 Å². The molecule has 0 atom stereocenters. The summed E-state index contributed by atoms with van der Waals surface area (Å²) in [6, 6.07) is 81.1. The second-order valence-corrected chi connectivity index (χ2v) is 24.2. The number of benzene rings is 12. The van der Waals surface area contributed by atoms with Crippen LogP contribution in [-0.4, -0.2) is 59.8 Å². The summed E-state index contributed by atoms with van der Waals surface area (Å²) in [6.07, 6.45) is 0. The number of nitrogens with zero attached hydrogens (tertiary/aromatic N) is 6. The number of ether oxygens (including phenoxy) is 4. The predicted molar refractivity (Wildman–Crippen MR) is 380 cm³/mol. The Labute approximate surface area is 541 Å². The van der Waals surface area contributed by atoms with Crippen molar-refractivity contribution < 1.29 is 18.9 Å². The van der Waals surface area contributed by atoms with Gasteiger partial charge in [0, 0.05) is 111 Å². The lowest BCUT2D eigenvalue weighted by Gasteiger charge is -2.10. The molecule has 12 aromatic carbocycles. The van der Waals surface area contributed by atoms with Crippen LogP contribution in [0.15, 0.2) is 243 Å². The second-order valence-electron chi connectivity index (χ2n) is 24.2. The number of para-hydroxylation sites is 4. The number of aromatic nitrogens is 12. The molecule has 2 aliphatic rings. The number of nitrogens with one attached hydrogen (secondary N) is 6. The first-order valence-electron chi connectivity index (χ1n) is 31.6. The van der Waals surface area contributed by atoms with Crippen LogP contribution in [0.4, 0.5) is 0 Å². The van der Waals surface area contributed by atoms with Gasteiger partial charge in [0.1, 0.15) is 68.6 Å². The van der Waals surface area contributed by atoms with Crippen LogP contribution in [0.25, 0.3) is 177 Å². The van der Waals surface area contributed by atoms with E-state index in [2.05, 4.69) is 103 Å². The van der Waals surface area contributed by atoms with Crippen molar-refractivity contribution in [2.75, 3.05) is 0 Å². The third-order valence-electron chi connectivity index (χ3n) is 18.6. The van der Waals surface area contributed by atoms with Gasteiger partial charge in [-0.2, -0.15) is 0 Å². The van der Waals surface area contributed by atoms with Crippen molar-refractivity contribution in [3.8, 4) is 91.5 Å². The monoisotopic (exact) mass is 1240 g/mol. The first-order chi connectivity index (χ1) is 47.5. The fourth-order valence-electron chi connectivity index (χ4n) is 14.3. The molecule has 96 heavy (non-hydrogen) atoms. The van der Waals surface area contributed by atoms with E-state index in [1.54, 1.807) is 0 Å². The zero-order chi connectivity index (χ0) is 62.7. The normalized spacial score (nSPS) is 12.2.